The maximum absolute atomic E-state index is 13.0. The molecule has 8 heteroatoms. The molecule has 0 bridgehead atoms. The number of anilines is 2. The molecular formula is C27H25ClN2O5. The highest BCUT2D eigenvalue weighted by atomic mass is 35.5. The van der Waals surface area contributed by atoms with E-state index in [-0.39, 0.29) is 54.2 Å². The lowest BCUT2D eigenvalue weighted by molar-refractivity contribution is -0.139. The number of allylic oxidation sites excluding steroid dienone is 2. The molecule has 2 aromatic rings. The molecule has 0 radical (unpaired) electrons. The number of imide groups is 1. The number of nitrogens with zero attached hydrogens (tertiary/aromatic N) is 2. The number of carbonyl (C=O) groups is 4. The topological polar surface area (TPSA) is 84.0 Å². The smallest absolute Gasteiger partial charge is 0.316 e. The van der Waals surface area contributed by atoms with Crippen LogP contribution in [0.15, 0.2) is 54.6 Å². The first kappa shape index (κ1) is 23.3. The van der Waals surface area contributed by atoms with Gasteiger partial charge in [0.1, 0.15) is 5.75 Å². The predicted octanol–water partition coefficient (Wildman–Crippen LogP) is 4.31. The van der Waals surface area contributed by atoms with Gasteiger partial charge in [-0.15, -0.1) is 0 Å². The van der Waals surface area contributed by atoms with Crippen LogP contribution in [0.3, 0.4) is 0 Å². The third kappa shape index (κ3) is 4.14. The number of ether oxygens (including phenoxy) is 1. The number of hydrogen-bond donors (Lipinski definition) is 0. The van der Waals surface area contributed by atoms with Crippen LogP contribution in [-0.4, -0.2) is 30.2 Å². The number of carbonyl (C=O) groups excluding carboxylic acids is 4. The number of benzene rings is 2. The van der Waals surface area contributed by atoms with Gasteiger partial charge < -0.3 is 9.64 Å². The fourth-order valence-corrected chi connectivity index (χ4v) is 5.30. The zero-order valence-corrected chi connectivity index (χ0v) is 20.2. The van der Waals surface area contributed by atoms with Crippen molar-refractivity contribution >= 4 is 46.7 Å². The second-order valence-corrected chi connectivity index (χ2v) is 9.83. The molecule has 3 amide bonds. The maximum Gasteiger partial charge on any atom is 0.316 e. The summed E-state index contributed by atoms with van der Waals surface area (Å²) in [7, 11) is 0. The molecule has 3 aliphatic rings. The number of rotatable bonds is 4. The molecule has 0 saturated carbocycles. The van der Waals surface area contributed by atoms with E-state index < -0.39 is 11.9 Å². The molecule has 2 aromatic carbocycles. The zero-order chi connectivity index (χ0) is 24.9. The van der Waals surface area contributed by atoms with Gasteiger partial charge >= 0.3 is 5.97 Å². The molecular weight excluding hydrogens is 468 g/mol. The van der Waals surface area contributed by atoms with Crippen LogP contribution < -0.4 is 14.5 Å². The average Bonchev–Trinajstić information content (AvgIpc) is 3.34. The van der Waals surface area contributed by atoms with Crippen molar-refractivity contribution in [1.82, 2.24) is 0 Å². The van der Waals surface area contributed by atoms with E-state index >= 15 is 0 Å². The van der Waals surface area contributed by atoms with Gasteiger partial charge in [0.05, 0.1) is 23.4 Å². The first-order chi connectivity index (χ1) is 16.7. The summed E-state index contributed by atoms with van der Waals surface area (Å²) < 4.78 is 5.51. The Balaban J connectivity index is 1.25. The summed E-state index contributed by atoms with van der Waals surface area (Å²) in [6.07, 6.45) is 4.57. The highest BCUT2D eigenvalue weighted by Gasteiger charge is 2.50. The van der Waals surface area contributed by atoms with E-state index in [9.17, 15) is 19.2 Å². The standard InChI is InChI=1S/C27H25ClN2O5/c1-15-6-7-19(13-22(15)28)29-14-17(12-23(29)31)27(34)35-20-10-8-18(9-11-20)30-25(32)21-5-3-4-16(2)24(21)26(30)33/h3-4,6-11,13,16-17,21,24H,5,12,14H2,1-2H3/t16-,17-,21-,24-/m1/s1. The quantitative estimate of drug-likeness (QED) is 0.275. The highest BCUT2D eigenvalue weighted by Crippen LogP contribution is 2.40. The number of hydrogen-bond acceptors (Lipinski definition) is 5. The summed E-state index contributed by atoms with van der Waals surface area (Å²) in [5.41, 5.74) is 2.01. The normalized spacial score (nSPS) is 25.9. The minimum absolute atomic E-state index is 0.0139. The molecule has 2 fully saturated rings. The van der Waals surface area contributed by atoms with Gasteiger partial charge in [-0.2, -0.15) is 0 Å². The minimum atomic E-state index is -0.610. The van der Waals surface area contributed by atoms with Crippen LogP contribution in [0.1, 0.15) is 25.3 Å². The van der Waals surface area contributed by atoms with E-state index in [0.29, 0.717) is 22.8 Å². The van der Waals surface area contributed by atoms with Gasteiger partial charge in [-0.1, -0.05) is 36.7 Å². The van der Waals surface area contributed by atoms with E-state index in [0.717, 1.165) is 5.56 Å². The van der Waals surface area contributed by atoms with Crippen LogP contribution in [0.4, 0.5) is 11.4 Å². The molecule has 2 heterocycles. The van der Waals surface area contributed by atoms with Crippen LogP contribution in [0.25, 0.3) is 0 Å². The van der Waals surface area contributed by atoms with Gasteiger partial charge in [-0.05, 0) is 61.2 Å². The fourth-order valence-electron chi connectivity index (χ4n) is 5.13. The number of fused-ring (bicyclic) bond motifs is 1. The molecule has 5 rings (SSSR count). The van der Waals surface area contributed by atoms with Crippen LogP contribution in [0, 0.1) is 30.6 Å². The van der Waals surface area contributed by atoms with E-state index in [2.05, 4.69) is 0 Å². The van der Waals surface area contributed by atoms with Crippen molar-refractivity contribution in [3.05, 3.63) is 65.2 Å². The number of amides is 3. The van der Waals surface area contributed by atoms with Crippen LogP contribution in [0.5, 0.6) is 5.75 Å². The van der Waals surface area contributed by atoms with Gasteiger partial charge in [0.2, 0.25) is 17.7 Å². The largest absolute Gasteiger partial charge is 0.426 e. The third-order valence-corrected chi connectivity index (χ3v) is 7.52. The van der Waals surface area contributed by atoms with E-state index in [1.807, 2.05) is 32.1 Å². The Bertz CT molecular complexity index is 1250. The lowest BCUT2D eigenvalue weighted by Gasteiger charge is -2.22. The van der Waals surface area contributed by atoms with E-state index in [4.69, 9.17) is 16.3 Å². The maximum atomic E-state index is 13.0. The average molecular weight is 493 g/mol. The van der Waals surface area contributed by atoms with Gasteiger partial charge in [-0.3, -0.25) is 24.1 Å². The molecule has 0 aromatic heterocycles. The van der Waals surface area contributed by atoms with Crippen molar-refractivity contribution in [2.45, 2.75) is 26.7 Å². The molecule has 7 nitrogen and oxygen atoms in total. The van der Waals surface area contributed by atoms with Gasteiger partial charge in [-0.25, -0.2) is 0 Å². The third-order valence-electron chi connectivity index (χ3n) is 7.11. The van der Waals surface area contributed by atoms with Crippen LogP contribution in [0.2, 0.25) is 5.02 Å². The zero-order valence-electron chi connectivity index (χ0n) is 19.4. The highest BCUT2D eigenvalue weighted by molar-refractivity contribution is 6.31. The Morgan fingerprint density at radius 2 is 1.74 bits per heavy atom. The summed E-state index contributed by atoms with van der Waals surface area (Å²) in [5.74, 6) is -2.04. The van der Waals surface area contributed by atoms with Crippen LogP contribution in [-0.2, 0) is 19.2 Å². The Morgan fingerprint density at radius 1 is 1.03 bits per heavy atom. The molecule has 2 aliphatic heterocycles. The van der Waals surface area contributed by atoms with Crippen molar-refractivity contribution in [2.24, 2.45) is 23.7 Å². The molecule has 0 unspecified atom stereocenters. The molecule has 1 aliphatic carbocycles. The Labute approximate surface area is 208 Å². The van der Waals surface area contributed by atoms with Gasteiger partial charge in [0.25, 0.3) is 0 Å². The summed E-state index contributed by atoms with van der Waals surface area (Å²) in [5, 5.41) is 0.557. The minimum Gasteiger partial charge on any atom is -0.426 e. The lowest BCUT2D eigenvalue weighted by atomic mass is 9.78. The van der Waals surface area contributed by atoms with Crippen molar-refractivity contribution in [3.8, 4) is 5.75 Å². The molecule has 180 valence electrons. The molecule has 0 spiro atoms. The summed E-state index contributed by atoms with van der Waals surface area (Å²) in [4.78, 5) is 53.9. The second kappa shape index (κ2) is 8.96. The molecule has 4 atom stereocenters. The molecule has 35 heavy (non-hydrogen) atoms. The monoisotopic (exact) mass is 492 g/mol. The van der Waals surface area contributed by atoms with Crippen LogP contribution >= 0.6 is 11.6 Å². The predicted molar refractivity (Wildman–Crippen MR) is 131 cm³/mol. The summed E-state index contributed by atoms with van der Waals surface area (Å²) in [6, 6.07) is 11.7. The number of esters is 1. The second-order valence-electron chi connectivity index (χ2n) is 9.42. The summed E-state index contributed by atoms with van der Waals surface area (Å²) in [6.45, 7) is 4.04. The van der Waals surface area contributed by atoms with Crippen molar-refractivity contribution in [2.75, 3.05) is 16.3 Å². The van der Waals surface area contributed by atoms with Gasteiger partial charge in [0.15, 0.2) is 0 Å². The van der Waals surface area contributed by atoms with E-state index in [1.54, 1.807) is 41.3 Å². The first-order valence-corrected chi connectivity index (χ1v) is 12.0. The first-order valence-electron chi connectivity index (χ1n) is 11.7. The van der Waals surface area contributed by atoms with E-state index in [1.165, 1.54) is 4.90 Å². The van der Waals surface area contributed by atoms with Gasteiger partial charge in [0, 0.05) is 23.7 Å². The number of halogens is 1. The Morgan fingerprint density at radius 3 is 2.43 bits per heavy atom. The van der Waals surface area contributed by atoms with Crippen molar-refractivity contribution in [3.63, 3.8) is 0 Å². The Hall–Kier alpha value is -3.45. The molecule has 2 saturated heterocycles. The fraction of sp³-hybridized carbons (Fsp3) is 0.333. The van der Waals surface area contributed by atoms with Crippen molar-refractivity contribution in [1.29, 1.82) is 0 Å². The molecule has 0 N–H and O–H groups in total. The number of aryl methyl sites for hydroxylation is 1. The summed E-state index contributed by atoms with van der Waals surface area (Å²) >= 11 is 6.19. The Kier molecular flexibility index (Phi) is 5.97. The lowest BCUT2D eigenvalue weighted by Crippen LogP contribution is -2.31. The SMILES string of the molecule is Cc1ccc(N2C[C@H](C(=O)Oc3ccc(N4C(=O)[C@@H]5[C@H](C)C=CC[C@H]5C4=O)cc3)CC2=O)cc1Cl. The van der Waals surface area contributed by atoms with Crippen molar-refractivity contribution < 1.29 is 23.9 Å².